The lowest BCUT2D eigenvalue weighted by Gasteiger charge is -2.01. The summed E-state index contributed by atoms with van der Waals surface area (Å²) in [5.41, 5.74) is 1.30. The lowest BCUT2D eigenvalue weighted by atomic mass is 10.2. The van der Waals surface area contributed by atoms with Gasteiger partial charge in [0.05, 0.1) is 0 Å². The van der Waals surface area contributed by atoms with Crippen molar-refractivity contribution >= 4 is 29.3 Å². The SMILES string of the molecule is O=C(C=Cc1ccccc1Cl)Nc1ccc(F)cc1. The number of nitrogens with one attached hydrogen (secondary N) is 1. The van der Waals surface area contributed by atoms with Crippen LogP contribution in [0.15, 0.2) is 54.6 Å². The number of carbonyl (C=O) groups excluding carboxylic acids is 1. The predicted molar refractivity (Wildman–Crippen MR) is 75.5 cm³/mol. The lowest BCUT2D eigenvalue weighted by molar-refractivity contribution is -0.111. The maximum atomic E-state index is 12.7. The van der Waals surface area contributed by atoms with Crippen LogP contribution in [0.1, 0.15) is 5.56 Å². The van der Waals surface area contributed by atoms with E-state index in [1.165, 1.54) is 30.3 Å². The molecule has 0 aromatic heterocycles. The van der Waals surface area contributed by atoms with Gasteiger partial charge in [-0.05, 0) is 42.0 Å². The summed E-state index contributed by atoms with van der Waals surface area (Å²) in [6, 6.07) is 12.8. The molecule has 0 radical (unpaired) electrons. The van der Waals surface area contributed by atoms with Crippen molar-refractivity contribution in [1.29, 1.82) is 0 Å². The maximum absolute atomic E-state index is 12.7. The van der Waals surface area contributed by atoms with Crippen molar-refractivity contribution in [2.75, 3.05) is 5.32 Å². The molecule has 1 amide bonds. The zero-order valence-electron chi connectivity index (χ0n) is 9.94. The number of amides is 1. The second-order valence-corrected chi connectivity index (χ2v) is 4.26. The second kappa shape index (κ2) is 6.16. The molecule has 0 aliphatic rings. The largest absolute Gasteiger partial charge is 0.323 e. The molecule has 4 heteroatoms. The van der Waals surface area contributed by atoms with Gasteiger partial charge in [-0.2, -0.15) is 0 Å². The van der Waals surface area contributed by atoms with E-state index in [2.05, 4.69) is 5.32 Å². The van der Waals surface area contributed by atoms with Crippen LogP contribution in [0.4, 0.5) is 10.1 Å². The summed E-state index contributed by atoms with van der Waals surface area (Å²) in [6.45, 7) is 0. The fraction of sp³-hybridized carbons (Fsp3) is 0. The van der Waals surface area contributed by atoms with Crippen LogP contribution in [0.25, 0.3) is 6.08 Å². The monoisotopic (exact) mass is 275 g/mol. The Balaban J connectivity index is 2.02. The van der Waals surface area contributed by atoms with Crippen LogP contribution in [0.3, 0.4) is 0 Å². The van der Waals surface area contributed by atoms with Gasteiger partial charge in [-0.15, -0.1) is 0 Å². The first-order valence-electron chi connectivity index (χ1n) is 5.64. The van der Waals surface area contributed by atoms with Crippen LogP contribution in [-0.2, 0) is 4.79 Å². The van der Waals surface area contributed by atoms with E-state index >= 15 is 0 Å². The normalized spacial score (nSPS) is 10.6. The van der Waals surface area contributed by atoms with Crippen LogP contribution in [-0.4, -0.2) is 5.91 Å². The summed E-state index contributed by atoms with van der Waals surface area (Å²) < 4.78 is 12.7. The minimum absolute atomic E-state index is 0.300. The highest BCUT2D eigenvalue weighted by Gasteiger charge is 1.99. The molecule has 0 saturated heterocycles. The Bertz CT molecular complexity index is 608. The Labute approximate surface area is 115 Å². The van der Waals surface area contributed by atoms with Crippen LogP contribution < -0.4 is 5.32 Å². The van der Waals surface area contributed by atoms with Crippen molar-refractivity contribution in [1.82, 2.24) is 0 Å². The Morgan fingerprint density at radius 2 is 1.79 bits per heavy atom. The van der Waals surface area contributed by atoms with Gasteiger partial charge in [-0.3, -0.25) is 4.79 Å². The molecule has 1 N–H and O–H groups in total. The summed E-state index contributed by atoms with van der Waals surface area (Å²) in [4.78, 5) is 11.6. The minimum atomic E-state index is -0.343. The second-order valence-electron chi connectivity index (χ2n) is 3.85. The third-order valence-corrected chi connectivity index (χ3v) is 2.78. The molecule has 0 aliphatic carbocycles. The van der Waals surface area contributed by atoms with Gasteiger partial charge in [-0.1, -0.05) is 29.8 Å². The van der Waals surface area contributed by atoms with E-state index in [0.717, 1.165) is 5.56 Å². The standard InChI is InChI=1S/C15H11ClFNO/c16-14-4-2-1-3-11(14)5-10-15(19)18-13-8-6-12(17)7-9-13/h1-10H,(H,18,19). The van der Waals surface area contributed by atoms with Gasteiger partial charge in [0.15, 0.2) is 0 Å². The molecule has 96 valence electrons. The molecule has 0 unspecified atom stereocenters. The minimum Gasteiger partial charge on any atom is -0.323 e. The zero-order chi connectivity index (χ0) is 13.7. The predicted octanol–water partition coefficient (Wildman–Crippen LogP) is 4.13. The summed E-state index contributed by atoms with van der Waals surface area (Å²) in [5.74, 6) is -0.642. The van der Waals surface area contributed by atoms with Crippen molar-refractivity contribution in [3.05, 3.63) is 71.0 Å². The number of benzene rings is 2. The topological polar surface area (TPSA) is 29.1 Å². The Hall–Kier alpha value is -2.13. The molecule has 0 aliphatic heterocycles. The van der Waals surface area contributed by atoms with Crippen LogP contribution in [0.2, 0.25) is 5.02 Å². The van der Waals surface area contributed by atoms with Gasteiger partial charge < -0.3 is 5.32 Å². The van der Waals surface area contributed by atoms with Gasteiger partial charge in [0.1, 0.15) is 5.82 Å². The van der Waals surface area contributed by atoms with E-state index in [0.29, 0.717) is 10.7 Å². The molecular weight excluding hydrogens is 265 g/mol. The fourth-order valence-corrected chi connectivity index (χ4v) is 1.69. The summed E-state index contributed by atoms with van der Waals surface area (Å²) >= 11 is 5.96. The molecule has 2 nitrogen and oxygen atoms in total. The Kier molecular flexibility index (Phi) is 4.31. The van der Waals surface area contributed by atoms with Gasteiger partial charge in [0, 0.05) is 16.8 Å². The first-order valence-corrected chi connectivity index (χ1v) is 6.02. The number of hydrogen-bond donors (Lipinski definition) is 1. The maximum Gasteiger partial charge on any atom is 0.248 e. The molecule has 0 saturated carbocycles. The molecule has 0 spiro atoms. The van der Waals surface area contributed by atoms with E-state index < -0.39 is 0 Å². The number of rotatable bonds is 3. The third kappa shape index (κ3) is 3.93. The highest BCUT2D eigenvalue weighted by Crippen LogP contribution is 2.16. The van der Waals surface area contributed by atoms with Crippen molar-refractivity contribution in [3.63, 3.8) is 0 Å². The van der Waals surface area contributed by atoms with Gasteiger partial charge >= 0.3 is 0 Å². The van der Waals surface area contributed by atoms with Crippen molar-refractivity contribution < 1.29 is 9.18 Å². The van der Waals surface area contributed by atoms with E-state index in [1.807, 2.05) is 18.2 Å². The molecule has 0 atom stereocenters. The fourth-order valence-electron chi connectivity index (χ4n) is 1.49. The highest BCUT2D eigenvalue weighted by molar-refractivity contribution is 6.32. The van der Waals surface area contributed by atoms with Gasteiger partial charge in [0.25, 0.3) is 0 Å². The van der Waals surface area contributed by atoms with E-state index in [-0.39, 0.29) is 11.7 Å². The van der Waals surface area contributed by atoms with Crippen LogP contribution >= 0.6 is 11.6 Å². The van der Waals surface area contributed by atoms with Crippen LogP contribution in [0.5, 0.6) is 0 Å². The summed E-state index contributed by atoms with van der Waals surface area (Å²) in [5, 5.41) is 3.20. The molecule has 0 fully saturated rings. The molecule has 0 heterocycles. The molecule has 2 aromatic rings. The number of anilines is 1. The first kappa shape index (κ1) is 13.3. The molecule has 2 rings (SSSR count). The third-order valence-electron chi connectivity index (χ3n) is 2.43. The van der Waals surface area contributed by atoms with E-state index in [1.54, 1.807) is 12.1 Å². The first-order chi connectivity index (χ1) is 9.15. The molecular formula is C15H11ClFNO. The lowest BCUT2D eigenvalue weighted by Crippen LogP contribution is -2.07. The van der Waals surface area contributed by atoms with Crippen LogP contribution in [0, 0.1) is 5.82 Å². The number of hydrogen-bond acceptors (Lipinski definition) is 1. The average molecular weight is 276 g/mol. The Morgan fingerprint density at radius 1 is 1.11 bits per heavy atom. The van der Waals surface area contributed by atoms with Crippen molar-refractivity contribution in [2.45, 2.75) is 0 Å². The Morgan fingerprint density at radius 3 is 2.47 bits per heavy atom. The molecule has 2 aromatic carbocycles. The smallest absolute Gasteiger partial charge is 0.248 e. The van der Waals surface area contributed by atoms with Gasteiger partial charge in [0.2, 0.25) is 5.91 Å². The summed E-state index contributed by atoms with van der Waals surface area (Å²) in [7, 11) is 0. The summed E-state index contributed by atoms with van der Waals surface area (Å²) in [6.07, 6.45) is 3.01. The average Bonchev–Trinajstić information content (AvgIpc) is 2.40. The zero-order valence-corrected chi connectivity index (χ0v) is 10.7. The number of halogens is 2. The van der Waals surface area contributed by atoms with Crippen molar-refractivity contribution in [2.24, 2.45) is 0 Å². The van der Waals surface area contributed by atoms with E-state index in [9.17, 15) is 9.18 Å². The highest BCUT2D eigenvalue weighted by atomic mass is 35.5. The van der Waals surface area contributed by atoms with E-state index in [4.69, 9.17) is 11.6 Å². The van der Waals surface area contributed by atoms with Gasteiger partial charge in [-0.25, -0.2) is 4.39 Å². The molecule has 0 bridgehead atoms. The quantitative estimate of drug-likeness (QED) is 0.839. The molecule has 19 heavy (non-hydrogen) atoms. The van der Waals surface area contributed by atoms with Crippen molar-refractivity contribution in [3.8, 4) is 0 Å². The number of carbonyl (C=O) groups is 1.